The SMILES string of the molecule is CC(C)(C)c1cc2c(O)c(c1)Cc1cc(C(C)(C)C)cc(c1OCc1ccccc1)Cc1cc(C(C)(C)C)cc(c1OC(=O)c1ccccc1)Cc1cc(C(C)(C)C)cc(c1O)C2. The number of hydrogen-bond donors (Lipinski definition) is 2. The molecule has 0 spiro atoms. The third-order valence-electron chi connectivity index (χ3n) is 12.4. The summed E-state index contributed by atoms with van der Waals surface area (Å²) in [6.45, 7) is 26.7. The van der Waals surface area contributed by atoms with E-state index in [2.05, 4.69) is 144 Å². The second kappa shape index (κ2) is 17.1. The molecule has 0 saturated heterocycles. The average molecular weight is 843 g/mol. The first kappa shape index (κ1) is 45.2. The van der Waals surface area contributed by atoms with Crippen molar-refractivity contribution in [3.8, 4) is 23.0 Å². The Kier molecular flexibility index (Phi) is 12.2. The first-order valence-electron chi connectivity index (χ1n) is 22.4. The summed E-state index contributed by atoms with van der Waals surface area (Å²) in [5, 5.41) is 24.8. The lowest BCUT2D eigenvalue weighted by Crippen LogP contribution is -2.18. The molecule has 63 heavy (non-hydrogen) atoms. The topological polar surface area (TPSA) is 76.0 Å². The maximum absolute atomic E-state index is 14.2. The van der Waals surface area contributed by atoms with E-state index in [0.717, 1.165) is 78.1 Å². The van der Waals surface area contributed by atoms with Gasteiger partial charge in [0.05, 0.1) is 5.56 Å². The molecule has 1 aliphatic carbocycles. The van der Waals surface area contributed by atoms with E-state index >= 15 is 0 Å². The van der Waals surface area contributed by atoms with E-state index in [1.807, 2.05) is 36.4 Å². The summed E-state index contributed by atoms with van der Waals surface area (Å²) in [5.41, 5.74) is 11.5. The lowest BCUT2D eigenvalue weighted by Gasteiger charge is -2.28. The van der Waals surface area contributed by atoms with Crippen molar-refractivity contribution in [2.45, 2.75) is 137 Å². The Hall–Kier alpha value is -5.81. The number of hydrogen-bond acceptors (Lipinski definition) is 5. The monoisotopic (exact) mass is 842 g/mol. The highest BCUT2D eigenvalue weighted by molar-refractivity contribution is 5.91. The van der Waals surface area contributed by atoms with Gasteiger partial charge in [0.25, 0.3) is 0 Å². The zero-order valence-corrected chi connectivity index (χ0v) is 39.5. The highest BCUT2D eigenvalue weighted by Crippen LogP contribution is 2.44. The number of carbonyl (C=O) groups excluding carboxylic acids is 1. The Bertz CT molecular complexity index is 2640. The molecule has 0 saturated carbocycles. The van der Waals surface area contributed by atoms with Crippen molar-refractivity contribution in [3.05, 3.63) is 187 Å². The first-order valence-corrected chi connectivity index (χ1v) is 22.4. The molecule has 0 aliphatic heterocycles. The summed E-state index contributed by atoms with van der Waals surface area (Å²) >= 11 is 0. The van der Waals surface area contributed by atoms with Gasteiger partial charge in [0.15, 0.2) is 0 Å². The number of rotatable bonds is 5. The minimum absolute atomic E-state index is 0.178. The van der Waals surface area contributed by atoms with Crippen LogP contribution in [0.5, 0.6) is 23.0 Å². The number of phenolic OH excluding ortho intramolecular Hbond substituents is 2. The average Bonchev–Trinajstić information content (AvgIpc) is 3.20. The lowest BCUT2D eigenvalue weighted by molar-refractivity contribution is 0.0731. The maximum atomic E-state index is 14.2. The highest BCUT2D eigenvalue weighted by atomic mass is 16.5. The van der Waals surface area contributed by atoms with Crippen LogP contribution in [0, 0.1) is 0 Å². The lowest BCUT2D eigenvalue weighted by atomic mass is 9.79. The van der Waals surface area contributed by atoms with Crippen LogP contribution in [0.1, 0.15) is 166 Å². The number of aromatic hydroxyl groups is 2. The Morgan fingerprint density at radius 1 is 0.444 bits per heavy atom. The van der Waals surface area contributed by atoms with Crippen LogP contribution in [0.3, 0.4) is 0 Å². The van der Waals surface area contributed by atoms with Crippen LogP contribution < -0.4 is 9.47 Å². The van der Waals surface area contributed by atoms with Gasteiger partial charge in [0, 0.05) is 36.8 Å². The normalized spacial score (nSPS) is 13.4. The van der Waals surface area contributed by atoms with E-state index in [0.29, 0.717) is 43.6 Å². The molecule has 0 fully saturated rings. The number of benzene rings is 6. The standard InChI is InChI=1S/C58H66O5/c1-55(2,3)46-27-38-23-39-28-47(56(4,5)6)30-41(51(39)60)25-44-33-49(58(10,11)12)34-45(53(44)63-54(61)37-21-17-14-18-22-37)26-43-32-48(57(7,8)9)31-42(24-40(29-46)50(38)59)52(43)62-35-36-19-15-13-16-20-36/h13-22,27-34,59-60H,23-26,35H2,1-12H3. The predicted octanol–water partition coefficient (Wildman–Crippen LogP) is 13.8. The smallest absolute Gasteiger partial charge is 0.343 e. The number of ether oxygens (including phenoxy) is 2. The van der Waals surface area contributed by atoms with Crippen LogP contribution in [-0.4, -0.2) is 16.2 Å². The molecular formula is C58H66O5. The number of carbonyl (C=O) groups is 1. The van der Waals surface area contributed by atoms with Crippen molar-refractivity contribution in [3.63, 3.8) is 0 Å². The van der Waals surface area contributed by atoms with Crippen molar-refractivity contribution < 1.29 is 24.5 Å². The van der Waals surface area contributed by atoms with Gasteiger partial charge in [-0.15, -0.1) is 0 Å². The van der Waals surface area contributed by atoms with E-state index in [-0.39, 0.29) is 33.2 Å². The number of phenols is 2. The molecule has 1 aliphatic rings. The molecule has 6 aromatic rings. The Labute approximate surface area is 376 Å². The molecule has 8 bridgehead atoms. The summed E-state index contributed by atoms with van der Waals surface area (Å²) in [6, 6.07) is 36.6. The summed E-state index contributed by atoms with van der Waals surface area (Å²) in [4.78, 5) is 14.2. The Morgan fingerprint density at radius 2 is 0.746 bits per heavy atom. The molecule has 0 amide bonds. The maximum Gasteiger partial charge on any atom is 0.343 e. The van der Waals surface area contributed by atoms with Gasteiger partial charge < -0.3 is 19.7 Å². The summed E-state index contributed by atoms with van der Waals surface area (Å²) < 4.78 is 13.6. The molecule has 0 unspecified atom stereocenters. The van der Waals surface area contributed by atoms with E-state index in [1.54, 1.807) is 12.1 Å². The predicted molar refractivity (Wildman–Crippen MR) is 257 cm³/mol. The molecule has 0 aromatic heterocycles. The van der Waals surface area contributed by atoms with Crippen LogP contribution in [0.2, 0.25) is 0 Å². The van der Waals surface area contributed by atoms with Crippen LogP contribution in [0.15, 0.2) is 109 Å². The van der Waals surface area contributed by atoms with Gasteiger partial charge in [0.1, 0.15) is 29.6 Å². The molecule has 0 atom stereocenters. The second-order valence-electron chi connectivity index (χ2n) is 21.8. The van der Waals surface area contributed by atoms with Crippen LogP contribution in [-0.2, 0) is 54.0 Å². The van der Waals surface area contributed by atoms with Crippen LogP contribution >= 0.6 is 0 Å². The highest BCUT2D eigenvalue weighted by Gasteiger charge is 2.29. The van der Waals surface area contributed by atoms with Gasteiger partial charge in [-0.1, -0.05) is 180 Å². The molecule has 6 aromatic carbocycles. The Balaban J connectivity index is 1.59. The van der Waals surface area contributed by atoms with Gasteiger partial charge in [-0.05, 0) is 95.0 Å². The van der Waals surface area contributed by atoms with E-state index in [1.165, 1.54) is 0 Å². The van der Waals surface area contributed by atoms with Crippen molar-refractivity contribution in [1.82, 2.24) is 0 Å². The van der Waals surface area contributed by atoms with Gasteiger partial charge in [0.2, 0.25) is 0 Å². The third kappa shape index (κ3) is 10.2. The quantitative estimate of drug-likeness (QED) is 0.133. The van der Waals surface area contributed by atoms with Crippen LogP contribution in [0.4, 0.5) is 0 Å². The van der Waals surface area contributed by atoms with Gasteiger partial charge in [-0.3, -0.25) is 0 Å². The van der Waals surface area contributed by atoms with Gasteiger partial charge in [-0.2, -0.15) is 0 Å². The summed E-state index contributed by atoms with van der Waals surface area (Å²) in [7, 11) is 0. The van der Waals surface area contributed by atoms with Gasteiger partial charge in [-0.25, -0.2) is 4.79 Å². The van der Waals surface area contributed by atoms with E-state index in [9.17, 15) is 15.0 Å². The zero-order chi connectivity index (χ0) is 45.6. The molecule has 328 valence electrons. The molecule has 5 heteroatoms. The molecule has 0 radical (unpaired) electrons. The molecule has 5 nitrogen and oxygen atoms in total. The minimum Gasteiger partial charge on any atom is -0.507 e. The zero-order valence-electron chi connectivity index (χ0n) is 39.5. The Morgan fingerprint density at radius 3 is 1.11 bits per heavy atom. The van der Waals surface area contributed by atoms with Crippen molar-refractivity contribution in [2.24, 2.45) is 0 Å². The van der Waals surface area contributed by atoms with Crippen LogP contribution in [0.25, 0.3) is 0 Å². The number of fused-ring (bicyclic) bond motifs is 8. The summed E-state index contributed by atoms with van der Waals surface area (Å²) in [5.74, 6) is 1.20. The fourth-order valence-electron chi connectivity index (χ4n) is 8.42. The van der Waals surface area contributed by atoms with E-state index in [4.69, 9.17) is 9.47 Å². The van der Waals surface area contributed by atoms with Crippen molar-refractivity contribution >= 4 is 5.97 Å². The van der Waals surface area contributed by atoms with E-state index < -0.39 is 5.97 Å². The van der Waals surface area contributed by atoms with Crippen molar-refractivity contribution in [1.29, 1.82) is 0 Å². The second-order valence-corrected chi connectivity index (χ2v) is 21.8. The fraction of sp³-hybridized carbons (Fsp3) is 0.362. The largest absolute Gasteiger partial charge is 0.507 e. The fourth-order valence-corrected chi connectivity index (χ4v) is 8.42. The molecule has 0 heterocycles. The molecule has 2 N–H and O–H groups in total. The first-order chi connectivity index (χ1) is 29.5. The number of esters is 1. The molecule has 7 rings (SSSR count). The minimum atomic E-state index is -0.447. The molecular weight excluding hydrogens is 777 g/mol. The summed E-state index contributed by atoms with van der Waals surface area (Å²) in [6.07, 6.45) is 1.43. The third-order valence-corrected chi connectivity index (χ3v) is 12.4. The van der Waals surface area contributed by atoms with Crippen molar-refractivity contribution in [2.75, 3.05) is 0 Å². The van der Waals surface area contributed by atoms with Gasteiger partial charge >= 0.3 is 5.97 Å².